The first-order valence-corrected chi connectivity index (χ1v) is 10.2. The molecule has 0 radical (unpaired) electrons. The fourth-order valence-corrected chi connectivity index (χ4v) is 4.95. The normalized spacial score (nSPS) is 23.5. The van der Waals surface area contributed by atoms with Crippen LogP contribution in [0.5, 0.6) is 0 Å². The molecule has 0 saturated heterocycles. The summed E-state index contributed by atoms with van der Waals surface area (Å²) in [5, 5.41) is 4.09. The SMILES string of the molecule is CCCC[C@]1(CC)CSc2ccccc2[C@H](c2ccc(C)cc2)N1. The predicted molar refractivity (Wildman–Crippen MR) is 106 cm³/mol. The molecule has 2 atom stereocenters. The maximum absolute atomic E-state index is 4.09. The molecule has 1 N–H and O–H groups in total. The van der Waals surface area contributed by atoms with Crippen molar-refractivity contribution in [3.63, 3.8) is 0 Å². The van der Waals surface area contributed by atoms with E-state index in [1.54, 1.807) is 0 Å². The van der Waals surface area contributed by atoms with Gasteiger partial charge in [0.05, 0.1) is 6.04 Å². The van der Waals surface area contributed by atoms with Crippen LogP contribution < -0.4 is 5.32 Å². The van der Waals surface area contributed by atoms with Crippen molar-refractivity contribution in [2.45, 2.75) is 62.9 Å². The van der Waals surface area contributed by atoms with Crippen LogP contribution in [0.2, 0.25) is 0 Å². The van der Waals surface area contributed by atoms with Crippen molar-refractivity contribution in [1.29, 1.82) is 0 Å². The average molecular weight is 340 g/mol. The van der Waals surface area contributed by atoms with Gasteiger partial charge in [-0.1, -0.05) is 74.7 Å². The van der Waals surface area contributed by atoms with Crippen LogP contribution in [-0.4, -0.2) is 11.3 Å². The first kappa shape index (κ1) is 17.6. The van der Waals surface area contributed by atoms with E-state index in [1.807, 2.05) is 11.8 Å². The van der Waals surface area contributed by atoms with Crippen LogP contribution in [-0.2, 0) is 0 Å². The number of fused-ring (bicyclic) bond motifs is 1. The van der Waals surface area contributed by atoms with E-state index in [0.29, 0.717) is 0 Å². The molecule has 128 valence electrons. The van der Waals surface area contributed by atoms with Crippen molar-refractivity contribution in [2.24, 2.45) is 0 Å². The number of rotatable bonds is 5. The Morgan fingerprint density at radius 2 is 1.83 bits per heavy atom. The third-order valence-electron chi connectivity index (χ3n) is 5.28. The highest BCUT2D eigenvalue weighted by molar-refractivity contribution is 7.99. The second-order valence-corrected chi connectivity index (χ2v) is 8.07. The minimum Gasteiger partial charge on any atom is -0.300 e. The molecular weight excluding hydrogens is 310 g/mol. The molecule has 2 aromatic rings. The van der Waals surface area contributed by atoms with Crippen LogP contribution in [0.25, 0.3) is 0 Å². The zero-order valence-corrected chi connectivity index (χ0v) is 16.0. The van der Waals surface area contributed by atoms with Gasteiger partial charge in [0.1, 0.15) is 0 Å². The number of aryl methyl sites for hydroxylation is 1. The first-order valence-electron chi connectivity index (χ1n) is 9.23. The molecule has 2 aromatic carbocycles. The van der Waals surface area contributed by atoms with E-state index in [1.165, 1.54) is 47.3 Å². The van der Waals surface area contributed by atoms with Gasteiger partial charge in [-0.15, -0.1) is 11.8 Å². The van der Waals surface area contributed by atoms with Crippen LogP contribution in [0.3, 0.4) is 0 Å². The summed E-state index contributed by atoms with van der Waals surface area (Å²) in [6, 6.07) is 18.3. The molecule has 0 saturated carbocycles. The molecule has 3 rings (SSSR count). The van der Waals surface area contributed by atoms with Gasteiger partial charge in [-0.05, 0) is 37.0 Å². The van der Waals surface area contributed by atoms with Crippen molar-refractivity contribution < 1.29 is 0 Å². The maximum Gasteiger partial charge on any atom is 0.0592 e. The van der Waals surface area contributed by atoms with E-state index in [9.17, 15) is 0 Å². The third-order valence-corrected chi connectivity index (χ3v) is 6.66. The standard InChI is InChI=1S/C22H29NS/c1-4-6-15-22(5-2)16-24-20-10-8-7-9-19(20)21(23-22)18-13-11-17(3)12-14-18/h7-14,21,23H,4-6,15-16H2,1-3H3/t21-,22+/m0/s1. The second-order valence-electron chi connectivity index (χ2n) is 7.05. The van der Waals surface area contributed by atoms with E-state index in [0.717, 1.165) is 5.75 Å². The Bertz CT molecular complexity index is 664. The molecule has 1 nitrogen and oxygen atoms in total. The molecule has 24 heavy (non-hydrogen) atoms. The van der Waals surface area contributed by atoms with E-state index < -0.39 is 0 Å². The van der Waals surface area contributed by atoms with Gasteiger partial charge in [0.25, 0.3) is 0 Å². The Kier molecular flexibility index (Phi) is 5.68. The van der Waals surface area contributed by atoms with Gasteiger partial charge >= 0.3 is 0 Å². The predicted octanol–water partition coefficient (Wildman–Crippen LogP) is 6.12. The molecule has 0 bridgehead atoms. The highest BCUT2D eigenvalue weighted by Gasteiger charge is 2.35. The summed E-state index contributed by atoms with van der Waals surface area (Å²) < 4.78 is 0. The lowest BCUT2D eigenvalue weighted by Crippen LogP contribution is -2.48. The third kappa shape index (κ3) is 3.70. The zero-order valence-electron chi connectivity index (χ0n) is 15.1. The molecule has 0 amide bonds. The molecule has 1 aliphatic heterocycles. The quantitative estimate of drug-likeness (QED) is 0.704. The lowest BCUT2D eigenvalue weighted by Gasteiger charge is -2.36. The van der Waals surface area contributed by atoms with Crippen LogP contribution in [0.1, 0.15) is 62.3 Å². The minimum absolute atomic E-state index is 0.218. The van der Waals surface area contributed by atoms with Crippen LogP contribution in [0.4, 0.5) is 0 Å². The molecule has 0 unspecified atom stereocenters. The lowest BCUT2D eigenvalue weighted by molar-refractivity contribution is 0.298. The largest absolute Gasteiger partial charge is 0.300 e. The molecule has 0 aliphatic carbocycles. The van der Waals surface area contributed by atoms with Gasteiger partial charge in [-0.2, -0.15) is 0 Å². The van der Waals surface area contributed by atoms with Crippen molar-refractivity contribution in [1.82, 2.24) is 5.32 Å². The zero-order chi connectivity index (χ0) is 17.0. The number of unbranched alkanes of at least 4 members (excludes halogenated alkanes) is 1. The molecule has 0 aromatic heterocycles. The van der Waals surface area contributed by atoms with Gasteiger partial charge in [-0.25, -0.2) is 0 Å². The van der Waals surface area contributed by atoms with E-state index >= 15 is 0 Å². The Hall–Kier alpha value is -1.25. The summed E-state index contributed by atoms with van der Waals surface area (Å²) in [6.07, 6.45) is 4.98. The number of nitrogens with one attached hydrogen (secondary N) is 1. The Labute approximate surface area is 151 Å². The van der Waals surface area contributed by atoms with Gasteiger partial charge in [0.15, 0.2) is 0 Å². The number of thioether (sulfide) groups is 1. The summed E-state index contributed by atoms with van der Waals surface area (Å²) >= 11 is 2.03. The summed E-state index contributed by atoms with van der Waals surface area (Å²) in [5.74, 6) is 1.16. The summed E-state index contributed by atoms with van der Waals surface area (Å²) in [4.78, 5) is 1.43. The van der Waals surface area contributed by atoms with E-state index in [2.05, 4.69) is 74.6 Å². The van der Waals surface area contributed by atoms with Crippen LogP contribution in [0.15, 0.2) is 53.4 Å². The van der Waals surface area contributed by atoms with Gasteiger partial charge < -0.3 is 0 Å². The highest BCUT2D eigenvalue weighted by atomic mass is 32.2. The van der Waals surface area contributed by atoms with Crippen LogP contribution >= 0.6 is 11.8 Å². The molecule has 0 fully saturated rings. The molecule has 1 heterocycles. The summed E-state index contributed by atoms with van der Waals surface area (Å²) in [7, 11) is 0. The minimum atomic E-state index is 0.218. The van der Waals surface area contributed by atoms with E-state index in [4.69, 9.17) is 0 Å². The molecular formula is C22H29NS. The van der Waals surface area contributed by atoms with Gasteiger partial charge in [-0.3, -0.25) is 5.32 Å². The lowest BCUT2D eigenvalue weighted by atomic mass is 9.88. The monoisotopic (exact) mass is 339 g/mol. The van der Waals surface area contributed by atoms with Crippen molar-refractivity contribution in [2.75, 3.05) is 5.75 Å². The smallest absolute Gasteiger partial charge is 0.0592 e. The summed E-state index contributed by atoms with van der Waals surface area (Å²) in [6.45, 7) is 6.79. The molecule has 0 spiro atoms. The fraction of sp³-hybridized carbons (Fsp3) is 0.455. The van der Waals surface area contributed by atoms with Crippen molar-refractivity contribution in [3.8, 4) is 0 Å². The fourth-order valence-electron chi connectivity index (χ4n) is 3.55. The molecule has 2 heteroatoms. The van der Waals surface area contributed by atoms with Crippen molar-refractivity contribution >= 4 is 11.8 Å². The number of hydrogen-bond acceptors (Lipinski definition) is 2. The second kappa shape index (κ2) is 7.76. The number of hydrogen-bond donors (Lipinski definition) is 1. The Morgan fingerprint density at radius 3 is 2.54 bits per heavy atom. The summed E-state index contributed by atoms with van der Waals surface area (Å²) in [5.41, 5.74) is 4.35. The Morgan fingerprint density at radius 1 is 1.08 bits per heavy atom. The van der Waals surface area contributed by atoms with Crippen molar-refractivity contribution in [3.05, 3.63) is 65.2 Å². The van der Waals surface area contributed by atoms with Gasteiger partial charge in [0.2, 0.25) is 0 Å². The highest BCUT2D eigenvalue weighted by Crippen LogP contribution is 2.40. The Balaban J connectivity index is 2.02. The number of benzene rings is 2. The topological polar surface area (TPSA) is 12.0 Å². The van der Waals surface area contributed by atoms with Crippen LogP contribution in [0, 0.1) is 6.92 Å². The van der Waals surface area contributed by atoms with E-state index in [-0.39, 0.29) is 11.6 Å². The molecule has 1 aliphatic rings. The maximum atomic E-state index is 4.09. The average Bonchev–Trinajstić information content (AvgIpc) is 2.79. The first-order chi connectivity index (χ1) is 11.7. The van der Waals surface area contributed by atoms with Gasteiger partial charge in [0, 0.05) is 16.2 Å².